The van der Waals surface area contributed by atoms with E-state index < -0.39 is 0 Å². The van der Waals surface area contributed by atoms with Crippen molar-refractivity contribution in [1.29, 1.82) is 0 Å². The van der Waals surface area contributed by atoms with Gasteiger partial charge < -0.3 is 10.1 Å². The molecule has 2 aromatic rings. The number of rotatable bonds is 4. The van der Waals surface area contributed by atoms with E-state index in [1.54, 1.807) is 12.1 Å². The summed E-state index contributed by atoms with van der Waals surface area (Å²) in [6.45, 7) is 3.67. The van der Waals surface area contributed by atoms with Crippen molar-refractivity contribution >= 4 is 44.1 Å². The molecule has 0 saturated carbocycles. The summed E-state index contributed by atoms with van der Waals surface area (Å²) in [5.74, 6) is -0.557. The largest absolute Gasteiger partial charge is 0.459 e. The second kappa shape index (κ2) is 8.35. The minimum atomic E-state index is -0.342. The van der Waals surface area contributed by atoms with Crippen molar-refractivity contribution in [2.24, 2.45) is 0 Å². The number of anilines is 1. The first-order valence-corrected chi connectivity index (χ1v) is 10.5. The summed E-state index contributed by atoms with van der Waals surface area (Å²) in [7, 11) is 0. The third kappa shape index (κ3) is 4.35. The van der Waals surface area contributed by atoms with Crippen LogP contribution in [-0.4, -0.2) is 18.0 Å². The molecule has 0 bridgehead atoms. The Labute approximate surface area is 166 Å². The number of hydrogen-bond donors (Lipinski definition) is 1. The molecule has 0 fully saturated rings. The zero-order valence-corrected chi connectivity index (χ0v) is 17.3. The smallest absolute Gasteiger partial charge is 0.341 e. The number of amides is 1. The van der Waals surface area contributed by atoms with Crippen molar-refractivity contribution in [1.82, 2.24) is 0 Å². The highest BCUT2D eigenvalue weighted by Gasteiger charge is 2.27. The zero-order valence-electron chi connectivity index (χ0n) is 14.9. The van der Waals surface area contributed by atoms with Crippen molar-refractivity contribution in [2.45, 2.75) is 52.1 Å². The number of carbonyl (C=O) groups excluding carboxylic acids is 2. The fourth-order valence-corrected chi connectivity index (χ4v) is 4.63. The quantitative estimate of drug-likeness (QED) is 0.502. The molecule has 0 spiro atoms. The van der Waals surface area contributed by atoms with Crippen LogP contribution >= 0.6 is 27.3 Å². The lowest BCUT2D eigenvalue weighted by molar-refractivity contribution is 0.0378. The molecule has 1 aromatic heterocycles. The van der Waals surface area contributed by atoms with Gasteiger partial charge in [0, 0.05) is 14.9 Å². The molecule has 1 amide bonds. The number of fused-ring (bicyclic) bond motifs is 1. The maximum Gasteiger partial charge on any atom is 0.341 e. The number of nitrogens with one attached hydrogen (secondary N) is 1. The normalized spacial score (nSPS) is 13.8. The number of halogens is 1. The maximum atomic E-state index is 12.7. The van der Waals surface area contributed by atoms with Gasteiger partial charge in [0.2, 0.25) is 0 Å². The molecule has 1 aromatic carbocycles. The third-order valence-electron chi connectivity index (χ3n) is 4.30. The Morgan fingerprint density at radius 2 is 1.81 bits per heavy atom. The highest BCUT2D eigenvalue weighted by molar-refractivity contribution is 9.10. The summed E-state index contributed by atoms with van der Waals surface area (Å²) in [6, 6.07) is 7.16. The van der Waals surface area contributed by atoms with E-state index in [1.165, 1.54) is 22.6 Å². The molecule has 3 rings (SSSR count). The van der Waals surface area contributed by atoms with Crippen molar-refractivity contribution in [3.8, 4) is 0 Å². The van der Waals surface area contributed by atoms with Gasteiger partial charge in [-0.3, -0.25) is 4.79 Å². The van der Waals surface area contributed by atoms with Gasteiger partial charge in [0.25, 0.3) is 5.91 Å². The molecule has 138 valence electrons. The molecule has 26 heavy (non-hydrogen) atoms. The molecule has 1 N–H and O–H groups in total. The summed E-state index contributed by atoms with van der Waals surface area (Å²) >= 11 is 4.88. The third-order valence-corrected chi connectivity index (χ3v) is 6.04. The Morgan fingerprint density at radius 3 is 2.50 bits per heavy atom. The van der Waals surface area contributed by atoms with E-state index in [9.17, 15) is 9.59 Å². The van der Waals surface area contributed by atoms with Crippen molar-refractivity contribution in [3.63, 3.8) is 0 Å². The van der Waals surface area contributed by atoms with Crippen LogP contribution in [0.2, 0.25) is 0 Å². The highest BCUT2D eigenvalue weighted by atomic mass is 79.9. The Bertz CT molecular complexity index is 811. The second-order valence-electron chi connectivity index (χ2n) is 6.68. The van der Waals surface area contributed by atoms with Crippen LogP contribution in [0.4, 0.5) is 5.00 Å². The zero-order chi connectivity index (χ0) is 18.7. The molecule has 1 heterocycles. The van der Waals surface area contributed by atoms with E-state index in [0.29, 0.717) is 16.1 Å². The molecule has 0 aliphatic heterocycles. The van der Waals surface area contributed by atoms with Gasteiger partial charge in [-0.1, -0.05) is 22.4 Å². The van der Waals surface area contributed by atoms with Gasteiger partial charge in [0.05, 0.1) is 11.7 Å². The molecular weight excluding hydrogens is 414 g/mol. The molecule has 4 nitrogen and oxygen atoms in total. The van der Waals surface area contributed by atoms with Gasteiger partial charge in [0.1, 0.15) is 5.00 Å². The van der Waals surface area contributed by atoms with Crippen molar-refractivity contribution in [2.75, 3.05) is 5.32 Å². The number of hydrogen-bond acceptors (Lipinski definition) is 4. The first-order valence-electron chi connectivity index (χ1n) is 8.88. The van der Waals surface area contributed by atoms with Gasteiger partial charge in [0.15, 0.2) is 0 Å². The van der Waals surface area contributed by atoms with Crippen LogP contribution < -0.4 is 5.32 Å². The van der Waals surface area contributed by atoms with Crippen molar-refractivity contribution < 1.29 is 14.3 Å². The predicted octanol–water partition coefficient (Wildman–Crippen LogP) is 5.60. The fraction of sp³-hybridized carbons (Fsp3) is 0.400. The van der Waals surface area contributed by atoms with Crippen LogP contribution in [0.1, 0.15) is 64.3 Å². The average molecular weight is 436 g/mol. The van der Waals surface area contributed by atoms with E-state index in [1.807, 2.05) is 26.0 Å². The SMILES string of the molecule is CC(C)OC(=O)c1c(NC(=O)c2ccc(Br)cc2)sc2c1CCCCC2. The Kier molecular flexibility index (Phi) is 6.14. The molecule has 6 heteroatoms. The van der Waals surface area contributed by atoms with E-state index in [2.05, 4.69) is 21.2 Å². The number of benzene rings is 1. The summed E-state index contributed by atoms with van der Waals surface area (Å²) in [6.07, 6.45) is 4.97. The summed E-state index contributed by atoms with van der Waals surface area (Å²) in [5, 5.41) is 3.55. The first kappa shape index (κ1) is 19.1. The lowest BCUT2D eigenvalue weighted by atomic mass is 10.1. The minimum Gasteiger partial charge on any atom is -0.459 e. The number of ether oxygens (including phenoxy) is 1. The van der Waals surface area contributed by atoms with Crippen LogP contribution in [0.3, 0.4) is 0 Å². The Morgan fingerprint density at radius 1 is 1.12 bits per heavy atom. The molecule has 1 aliphatic rings. The Balaban J connectivity index is 1.93. The minimum absolute atomic E-state index is 0.196. The maximum absolute atomic E-state index is 12.7. The van der Waals surface area contributed by atoms with Gasteiger partial charge in [-0.25, -0.2) is 4.79 Å². The molecule has 1 aliphatic carbocycles. The Hall–Kier alpha value is -1.66. The fourth-order valence-electron chi connectivity index (χ4n) is 3.10. The lowest BCUT2D eigenvalue weighted by Gasteiger charge is -2.11. The standard InChI is InChI=1S/C20H22BrNO3S/c1-12(2)25-20(24)17-15-6-4-3-5-7-16(15)26-19(17)22-18(23)13-8-10-14(21)11-9-13/h8-12H,3-7H2,1-2H3,(H,22,23). The van der Waals surface area contributed by atoms with Gasteiger partial charge in [-0.15, -0.1) is 11.3 Å². The topological polar surface area (TPSA) is 55.4 Å². The number of aryl methyl sites for hydroxylation is 1. The average Bonchev–Trinajstić information content (AvgIpc) is 2.76. The van der Waals surface area contributed by atoms with Crippen LogP contribution in [0.15, 0.2) is 28.7 Å². The number of thiophene rings is 1. The lowest BCUT2D eigenvalue weighted by Crippen LogP contribution is -2.17. The van der Waals surface area contributed by atoms with Gasteiger partial charge >= 0.3 is 5.97 Å². The predicted molar refractivity (Wildman–Crippen MR) is 108 cm³/mol. The van der Waals surface area contributed by atoms with Gasteiger partial charge in [-0.05, 0) is 69.4 Å². The number of esters is 1. The van der Waals surface area contributed by atoms with Crippen LogP contribution in [-0.2, 0) is 17.6 Å². The van der Waals surface area contributed by atoms with Crippen LogP contribution in [0, 0.1) is 0 Å². The summed E-state index contributed by atoms with van der Waals surface area (Å²) in [4.78, 5) is 26.5. The van der Waals surface area contributed by atoms with Gasteiger partial charge in [-0.2, -0.15) is 0 Å². The monoisotopic (exact) mass is 435 g/mol. The molecule has 0 radical (unpaired) electrons. The molecule has 0 saturated heterocycles. The molecule has 0 unspecified atom stereocenters. The summed E-state index contributed by atoms with van der Waals surface area (Å²) < 4.78 is 6.37. The van der Waals surface area contributed by atoms with E-state index in [0.717, 1.165) is 35.7 Å². The summed E-state index contributed by atoms with van der Waals surface area (Å²) in [5.41, 5.74) is 2.16. The number of carbonyl (C=O) groups is 2. The van der Waals surface area contributed by atoms with E-state index >= 15 is 0 Å². The van der Waals surface area contributed by atoms with E-state index in [4.69, 9.17) is 4.74 Å². The second-order valence-corrected chi connectivity index (χ2v) is 8.70. The van der Waals surface area contributed by atoms with Crippen LogP contribution in [0.25, 0.3) is 0 Å². The highest BCUT2D eigenvalue weighted by Crippen LogP contribution is 2.38. The van der Waals surface area contributed by atoms with Crippen molar-refractivity contribution in [3.05, 3.63) is 50.3 Å². The molecular formula is C20H22BrNO3S. The van der Waals surface area contributed by atoms with E-state index in [-0.39, 0.29) is 18.0 Å². The van der Waals surface area contributed by atoms with Crippen LogP contribution in [0.5, 0.6) is 0 Å². The molecule has 0 atom stereocenters. The first-order chi connectivity index (χ1) is 12.5.